The van der Waals surface area contributed by atoms with Gasteiger partial charge in [-0.1, -0.05) is 11.6 Å². The van der Waals surface area contributed by atoms with Gasteiger partial charge in [0.05, 0.1) is 32.8 Å². The predicted octanol–water partition coefficient (Wildman–Crippen LogP) is 3.24. The van der Waals surface area contributed by atoms with Crippen LogP contribution in [0.4, 0.5) is 23.4 Å². The van der Waals surface area contributed by atoms with Crippen molar-refractivity contribution in [3.05, 3.63) is 17.2 Å². The number of nitrogens with zero attached hydrogens (tertiary/aromatic N) is 5. The van der Waals surface area contributed by atoms with Crippen LogP contribution in [0.2, 0.25) is 5.15 Å². The molecule has 33 heavy (non-hydrogen) atoms. The van der Waals surface area contributed by atoms with Gasteiger partial charge in [0.15, 0.2) is 11.0 Å². The van der Waals surface area contributed by atoms with Gasteiger partial charge in [-0.05, 0) is 19.4 Å². The quantitative estimate of drug-likeness (QED) is 0.482. The van der Waals surface area contributed by atoms with E-state index in [9.17, 15) is 17.6 Å². The first-order valence-corrected chi connectivity index (χ1v) is 11.2. The molecule has 1 aliphatic carbocycles. The number of rotatable bonds is 4. The summed E-state index contributed by atoms with van der Waals surface area (Å²) in [5, 5.41) is -0.449. The molecule has 0 bridgehead atoms. The first-order valence-electron chi connectivity index (χ1n) is 11.9. The maximum absolute atomic E-state index is 15.0. The predicted molar refractivity (Wildman–Crippen MR) is 111 cm³/mol. The van der Waals surface area contributed by atoms with Crippen LogP contribution in [-0.2, 0) is 4.74 Å². The van der Waals surface area contributed by atoms with Gasteiger partial charge in [0.1, 0.15) is 30.1 Å². The first kappa shape index (κ1) is 19.3. The van der Waals surface area contributed by atoms with E-state index in [4.69, 9.17) is 23.8 Å². The zero-order valence-electron chi connectivity index (χ0n) is 19.4. The maximum Gasteiger partial charge on any atom is 0.319 e. The van der Waals surface area contributed by atoms with Crippen LogP contribution in [0.15, 0.2) is 6.20 Å². The van der Waals surface area contributed by atoms with Gasteiger partial charge in [0, 0.05) is 25.7 Å². The average molecular weight is 490 g/mol. The molecular formula is C21H22ClF4N5O2. The summed E-state index contributed by atoms with van der Waals surface area (Å²) in [6, 6.07) is -1.77. The van der Waals surface area contributed by atoms with Gasteiger partial charge < -0.3 is 14.4 Å². The Bertz CT molecular complexity index is 1200. The minimum absolute atomic E-state index is 0.0357. The third kappa shape index (κ3) is 3.34. The van der Waals surface area contributed by atoms with Gasteiger partial charge in [0.2, 0.25) is 0 Å². The summed E-state index contributed by atoms with van der Waals surface area (Å²) in [7, 11) is 0. The Morgan fingerprint density at radius 3 is 3.03 bits per heavy atom. The van der Waals surface area contributed by atoms with Crippen molar-refractivity contribution in [2.24, 2.45) is 5.92 Å². The van der Waals surface area contributed by atoms with E-state index in [-0.39, 0.29) is 49.4 Å². The summed E-state index contributed by atoms with van der Waals surface area (Å²) in [6.45, 7) is -1.75. The molecule has 3 saturated heterocycles. The summed E-state index contributed by atoms with van der Waals surface area (Å²) < 4.78 is 86.6. The van der Waals surface area contributed by atoms with Crippen molar-refractivity contribution in [2.75, 3.05) is 44.3 Å². The normalized spacial score (nSPS) is 34.5. The lowest BCUT2D eigenvalue weighted by molar-refractivity contribution is 0.0492. The number of hydrogen-bond acceptors (Lipinski definition) is 7. The lowest BCUT2D eigenvalue weighted by atomic mass is 9.95. The number of aromatic nitrogens is 3. The van der Waals surface area contributed by atoms with Gasteiger partial charge in [-0.25, -0.2) is 22.5 Å². The summed E-state index contributed by atoms with van der Waals surface area (Å²) in [6.07, 6.45) is 0.948. The van der Waals surface area contributed by atoms with Crippen LogP contribution >= 0.6 is 11.6 Å². The second-order valence-electron chi connectivity index (χ2n) is 9.04. The number of fused-ring (bicyclic) bond motifs is 3. The van der Waals surface area contributed by atoms with Gasteiger partial charge >= 0.3 is 6.01 Å². The van der Waals surface area contributed by atoms with Gasteiger partial charge in [-0.2, -0.15) is 9.97 Å². The topological polar surface area (TPSA) is 63.6 Å². The summed E-state index contributed by atoms with van der Waals surface area (Å²) in [4.78, 5) is 15.1. The highest BCUT2D eigenvalue weighted by Gasteiger charge is 2.71. The molecule has 0 N–H and O–H groups in total. The molecule has 178 valence electrons. The van der Waals surface area contributed by atoms with Crippen molar-refractivity contribution in [1.29, 1.82) is 0 Å². The third-order valence-corrected chi connectivity index (χ3v) is 7.34. The van der Waals surface area contributed by atoms with E-state index in [1.54, 1.807) is 4.90 Å². The van der Waals surface area contributed by atoms with E-state index in [0.29, 0.717) is 19.4 Å². The van der Waals surface area contributed by atoms with Crippen LogP contribution in [0.1, 0.15) is 22.0 Å². The second kappa shape index (κ2) is 7.51. The van der Waals surface area contributed by atoms with Crippen LogP contribution in [-0.4, -0.2) is 82.9 Å². The molecule has 12 heteroatoms. The Kier molecular flexibility index (Phi) is 4.40. The fourth-order valence-corrected chi connectivity index (χ4v) is 5.55. The minimum Gasteiger partial charge on any atom is -0.461 e. The van der Waals surface area contributed by atoms with E-state index in [2.05, 4.69) is 15.0 Å². The molecule has 0 amide bonds. The summed E-state index contributed by atoms with van der Waals surface area (Å²) in [5.41, 5.74) is -1.56. The number of alkyl halides is 3. The maximum atomic E-state index is 15.0. The molecule has 4 atom stereocenters. The molecule has 5 heterocycles. The lowest BCUT2D eigenvalue weighted by Crippen LogP contribution is -2.43. The Hall–Kier alpha value is -1.98. The van der Waals surface area contributed by atoms with Crippen LogP contribution in [0, 0.1) is 11.7 Å². The van der Waals surface area contributed by atoms with Crippen LogP contribution < -0.4 is 9.64 Å². The molecule has 0 aromatic carbocycles. The van der Waals surface area contributed by atoms with Crippen LogP contribution in [0.3, 0.4) is 0 Å². The Morgan fingerprint density at radius 1 is 1.33 bits per heavy atom. The van der Waals surface area contributed by atoms with E-state index >= 15 is 0 Å². The molecule has 4 aliphatic rings. The van der Waals surface area contributed by atoms with Crippen LogP contribution in [0.25, 0.3) is 10.9 Å². The van der Waals surface area contributed by atoms with Crippen molar-refractivity contribution < 1.29 is 29.8 Å². The standard InChI is InChI=1S/C21H22ClF4N5O2/c22-17-14(24)15-12(7-27-17)18(31-4-5-32-9-13-16(31)21(13,25)26)29-19(28-15)33-10-20-2-1-3-30(20)8-11(23)6-20/h7,11,13,16H,1-6,8-10H2/t11-,13+,16-,20+/m1/s1/i10D2. The zero-order chi connectivity index (χ0) is 24.8. The van der Waals surface area contributed by atoms with E-state index < -0.39 is 53.1 Å². The molecule has 7 nitrogen and oxygen atoms in total. The number of pyridine rings is 1. The number of ether oxygens (including phenoxy) is 2. The third-order valence-electron chi connectivity index (χ3n) is 7.08. The van der Waals surface area contributed by atoms with Crippen LogP contribution in [0.5, 0.6) is 6.01 Å². The fraction of sp³-hybridized carbons (Fsp3) is 0.667. The summed E-state index contributed by atoms with van der Waals surface area (Å²) >= 11 is 5.85. The molecule has 6 rings (SSSR count). The Labute approximate surface area is 194 Å². The average Bonchev–Trinajstić information content (AvgIpc) is 2.98. The molecule has 4 fully saturated rings. The SMILES string of the molecule is [2H]C([2H])(Oc1nc(N2CCOC[C@H]3[C@@H]2C3(F)F)c2cnc(Cl)c(F)c2n1)[C@@]12CCCN1C[C@H](F)C2. The smallest absolute Gasteiger partial charge is 0.319 e. The van der Waals surface area contributed by atoms with Crippen molar-refractivity contribution >= 4 is 28.3 Å². The second-order valence-corrected chi connectivity index (χ2v) is 9.39. The number of halogens is 5. The highest BCUT2D eigenvalue weighted by Crippen LogP contribution is 2.54. The lowest BCUT2D eigenvalue weighted by Gasteiger charge is -2.31. The Balaban J connectivity index is 1.45. The zero-order valence-corrected chi connectivity index (χ0v) is 18.2. The molecule has 2 aromatic rings. The number of anilines is 1. The molecule has 0 radical (unpaired) electrons. The van der Waals surface area contributed by atoms with Crippen molar-refractivity contribution in [3.63, 3.8) is 0 Å². The molecule has 2 aromatic heterocycles. The summed E-state index contributed by atoms with van der Waals surface area (Å²) in [5.74, 6) is -5.16. The largest absolute Gasteiger partial charge is 0.461 e. The first-order chi connectivity index (χ1) is 16.5. The molecule has 1 saturated carbocycles. The monoisotopic (exact) mass is 489 g/mol. The fourth-order valence-electron chi connectivity index (χ4n) is 5.41. The van der Waals surface area contributed by atoms with E-state index in [0.717, 1.165) is 0 Å². The highest BCUT2D eigenvalue weighted by molar-refractivity contribution is 6.30. The Morgan fingerprint density at radius 2 is 2.18 bits per heavy atom. The molecule has 3 aliphatic heterocycles. The molecular weight excluding hydrogens is 466 g/mol. The van der Waals surface area contributed by atoms with Gasteiger partial charge in [-0.3, -0.25) is 4.90 Å². The van der Waals surface area contributed by atoms with Crippen molar-refractivity contribution in [3.8, 4) is 6.01 Å². The van der Waals surface area contributed by atoms with Gasteiger partial charge in [-0.15, -0.1) is 0 Å². The minimum atomic E-state index is -3.03. The van der Waals surface area contributed by atoms with E-state index in [1.165, 1.54) is 11.1 Å². The van der Waals surface area contributed by atoms with Crippen molar-refractivity contribution in [1.82, 2.24) is 19.9 Å². The van der Waals surface area contributed by atoms with Gasteiger partial charge in [0.25, 0.3) is 5.92 Å². The van der Waals surface area contributed by atoms with E-state index in [1.807, 2.05) is 0 Å². The molecule has 0 spiro atoms. The highest BCUT2D eigenvalue weighted by atomic mass is 35.5. The van der Waals surface area contributed by atoms with Crippen molar-refractivity contribution in [2.45, 2.75) is 42.9 Å². The number of hydrogen-bond donors (Lipinski definition) is 0. The molecule has 0 unspecified atom stereocenters.